The Hall–Kier alpha value is -1.11. The van der Waals surface area contributed by atoms with Crippen molar-refractivity contribution in [1.82, 2.24) is 0 Å². The van der Waals surface area contributed by atoms with Crippen molar-refractivity contribution in [3.63, 3.8) is 0 Å². The molecule has 1 aromatic carbocycles. The molecule has 1 heteroatoms. The average molecular weight is 176 g/mol. The van der Waals surface area contributed by atoms with Gasteiger partial charge >= 0.3 is 0 Å². The Morgan fingerprint density at radius 1 is 1.31 bits per heavy atom. The highest BCUT2D eigenvalue weighted by atomic mass is 16.1. The molecule has 0 bridgehead atoms. The summed E-state index contributed by atoms with van der Waals surface area (Å²) >= 11 is 0. The van der Waals surface area contributed by atoms with Gasteiger partial charge in [-0.3, -0.25) is 0 Å². The van der Waals surface area contributed by atoms with E-state index in [0.29, 0.717) is 0 Å². The molecule has 1 atom stereocenters. The van der Waals surface area contributed by atoms with E-state index >= 15 is 0 Å². The van der Waals surface area contributed by atoms with Crippen LogP contribution in [0, 0.1) is 12.8 Å². The first-order chi connectivity index (χ1) is 6.22. The van der Waals surface area contributed by atoms with E-state index in [1.165, 1.54) is 11.1 Å². The maximum Gasteiger partial charge on any atom is 0.122 e. The summed E-state index contributed by atoms with van der Waals surface area (Å²) in [7, 11) is 0. The van der Waals surface area contributed by atoms with Gasteiger partial charge < -0.3 is 4.79 Å². The van der Waals surface area contributed by atoms with Crippen LogP contribution in [-0.4, -0.2) is 6.29 Å². The summed E-state index contributed by atoms with van der Waals surface area (Å²) in [6.07, 6.45) is 2.97. The van der Waals surface area contributed by atoms with Gasteiger partial charge in [0, 0.05) is 5.92 Å². The minimum Gasteiger partial charge on any atom is -0.303 e. The molecule has 0 amide bonds. The number of aldehydes is 1. The van der Waals surface area contributed by atoms with Gasteiger partial charge in [-0.25, -0.2) is 0 Å². The van der Waals surface area contributed by atoms with Crippen molar-refractivity contribution in [3.05, 3.63) is 35.4 Å². The molecule has 0 spiro atoms. The minimum absolute atomic E-state index is 0.182. The molecule has 1 nitrogen and oxygen atoms in total. The zero-order chi connectivity index (χ0) is 9.68. The molecule has 70 valence electrons. The summed E-state index contributed by atoms with van der Waals surface area (Å²) in [6, 6.07) is 8.49. The molecule has 0 saturated carbocycles. The van der Waals surface area contributed by atoms with E-state index in [4.69, 9.17) is 0 Å². The van der Waals surface area contributed by atoms with E-state index in [1.54, 1.807) is 0 Å². The quantitative estimate of drug-likeness (QED) is 0.645. The van der Waals surface area contributed by atoms with Crippen LogP contribution in [0.3, 0.4) is 0 Å². The molecule has 1 aromatic rings. The minimum atomic E-state index is 0.182. The van der Waals surface area contributed by atoms with Gasteiger partial charge in [0.1, 0.15) is 6.29 Å². The van der Waals surface area contributed by atoms with Crippen molar-refractivity contribution >= 4 is 6.29 Å². The lowest BCUT2D eigenvalue weighted by atomic mass is 10.0. The zero-order valence-electron chi connectivity index (χ0n) is 8.29. The van der Waals surface area contributed by atoms with E-state index in [2.05, 4.69) is 31.2 Å². The van der Waals surface area contributed by atoms with Crippen molar-refractivity contribution in [2.75, 3.05) is 0 Å². The van der Waals surface area contributed by atoms with Gasteiger partial charge in [0.05, 0.1) is 0 Å². The number of rotatable bonds is 4. The maximum absolute atomic E-state index is 10.4. The molecule has 1 unspecified atom stereocenters. The summed E-state index contributed by atoms with van der Waals surface area (Å²) in [5, 5.41) is 0. The Bertz CT molecular complexity index is 261. The van der Waals surface area contributed by atoms with Crippen LogP contribution in [0.25, 0.3) is 0 Å². The van der Waals surface area contributed by atoms with Crippen LogP contribution in [0.4, 0.5) is 0 Å². The smallest absolute Gasteiger partial charge is 0.122 e. The number of carbonyl (C=O) groups excluding carboxylic acids is 1. The largest absolute Gasteiger partial charge is 0.303 e. The molecule has 0 aliphatic heterocycles. The topological polar surface area (TPSA) is 17.1 Å². The third-order valence-electron chi connectivity index (χ3n) is 2.24. The van der Waals surface area contributed by atoms with Crippen LogP contribution in [0.5, 0.6) is 0 Å². The maximum atomic E-state index is 10.4. The lowest BCUT2D eigenvalue weighted by Crippen LogP contribution is -1.97. The normalized spacial score (nSPS) is 12.5. The number of carbonyl (C=O) groups is 1. The van der Waals surface area contributed by atoms with Crippen molar-refractivity contribution < 1.29 is 4.79 Å². The van der Waals surface area contributed by atoms with E-state index < -0.39 is 0 Å². The Morgan fingerprint density at radius 2 is 1.92 bits per heavy atom. The molecule has 0 radical (unpaired) electrons. The molecular weight excluding hydrogens is 160 g/mol. The Kier molecular flexibility index (Phi) is 3.69. The molecule has 0 N–H and O–H groups in total. The van der Waals surface area contributed by atoms with Gasteiger partial charge in [-0.1, -0.05) is 36.8 Å². The zero-order valence-corrected chi connectivity index (χ0v) is 8.29. The van der Waals surface area contributed by atoms with E-state index in [-0.39, 0.29) is 5.92 Å². The van der Waals surface area contributed by atoms with Gasteiger partial charge in [0.2, 0.25) is 0 Å². The van der Waals surface area contributed by atoms with Crippen molar-refractivity contribution in [2.45, 2.75) is 26.7 Å². The lowest BCUT2D eigenvalue weighted by molar-refractivity contribution is -0.110. The molecule has 0 saturated heterocycles. The van der Waals surface area contributed by atoms with E-state index in [0.717, 1.165) is 19.1 Å². The first kappa shape index (κ1) is 9.97. The summed E-state index contributed by atoms with van der Waals surface area (Å²) in [5.41, 5.74) is 2.60. The van der Waals surface area contributed by atoms with Crippen molar-refractivity contribution in [3.8, 4) is 0 Å². The third-order valence-corrected chi connectivity index (χ3v) is 2.24. The molecule has 0 fully saturated rings. The second-order valence-electron chi connectivity index (χ2n) is 3.64. The molecule has 13 heavy (non-hydrogen) atoms. The molecule has 0 aromatic heterocycles. The van der Waals surface area contributed by atoms with Crippen LogP contribution >= 0.6 is 0 Å². The summed E-state index contributed by atoms with van der Waals surface area (Å²) in [5.74, 6) is 0.182. The van der Waals surface area contributed by atoms with Crippen LogP contribution in [0.1, 0.15) is 24.5 Å². The van der Waals surface area contributed by atoms with Crippen LogP contribution in [-0.2, 0) is 11.2 Å². The van der Waals surface area contributed by atoms with Crippen molar-refractivity contribution in [1.29, 1.82) is 0 Å². The third kappa shape index (κ3) is 3.41. The highest BCUT2D eigenvalue weighted by Gasteiger charge is 1.99. The predicted octanol–water partition coefficient (Wildman–Crippen LogP) is 2.76. The molecule has 0 aliphatic rings. The van der Waals surface area contributed by atoms with Crippen LogP contribution < -0.4 is 0 Å². The first-order valence-corrected chi connectivity index (χ1v) is 4.73. The van der Waals surface area contributed by atoms with Gasteiger partial charge in [0.15, 0.2) is 0 Å². The van der Waals surface area contributed by atoms with Crippen LogP contribution in [0.2, 0.25) is 0 Å². The lowest BCUT2D eigenvalue weighted by Gasteiger charge is -2.03. The van der Waals surface area contributed by atoms with Gasteiger partial charge in [-0.05, 0) is 25.3 Å². The summed E-state index contributed by atoms with van der Waals surface area (Å²) in [6.45, 7) is 4.04. The first-order valence-electron chi connectivity index (χ1n) is 4.73. The fourth-order valence-corrected chi connectivity index (χ4v) is 1.22. The Balaban J connectivity index is 2.45. The van der Waals surface area contributed by atoms with Crippen molar-refractivity contribution in [2.24, 2.45) is 5.92 Å². The van der Waals surface area contributed by atoms with Crippen LogP contribution in [0.15, 0.2) is 24.3 Å². The second-order valence-corrected chi connectivity index (χ2v) is 3.64. The highest BCUT2D eigenvalue weighted by molar-refractivity contribution is 5.52. The number of hydrogen-bond donors (Lipinski definition) is 0. The molecule has 1 rings (SSSR count). The number of aryl methyl sites for hydroxylation is 2. The van der Waals surface area contributed by atoms with Gasteiger partial charge in [-0.15, -0.1) is 0 Å². The average Bonchev–Trinajstić information content (AvgIpc) is 2.16. The fourth-order valence-electron chi connectivity index (χ4n) is 1.22. The fraction of sp³-hybridized carbons (Fsp3) is 0.417. The predicted molar refractivity (Wildman–Crippen MR) is 54.7 cm³/mol. The monoisotopic (exact) mass is 176 g/mol. The van der Waals surface area contributed by atoms with Gasteiger partial charge in [-0.2, -0.15) is 0 Å². The number of benzene rings is 1. The second kappa shape index (κ2) is 4.80. The summed E-state index contributed by atoms with van der Waals surface area (Å²) in [4.78, 5) is 10.4. The molecule has 0 aliphatic carbocycles. The molecular formula is C12H16O. The molecule has 0 heterocycles. The summed E-state index contributed by atoms with van der Waals surface area (Å²) < 4.78 is 0. The number of hydrogen-bond acceptors (Lipinski definition) is 1. The Labute approximate surface area is 79.8 Å². The standard InChI is InChI=1S/C12H16O/c1-10-3-6-12(7-4-10)8-5-11(2)9-13/h3-4,6-7,9,11H,5,8H2,1-2H3. The van der Waals surface area contributed by atoms with E-state index in [1.807, 2.05) is 6.92 Å². The van der Waals surface area contributed by atoms with Gasteiger partial charge in [0.25, 0.3) is 0 Å². The highest BCUT2D eigenvalue weighted by Crippen LogP contribution is 2.09. The van der Waals surface area contributed by atoms with E-state index in [9.17, 15) is 4.79 Å². The Morgan fingerprint density at radius 3 is 2.46 bits per heavy atom. The SMILES string of the molecule is Cc1ccc(CCC(C)C=O)cc1.